The van der Waals surface area contributed by atoms with Crippen LogP contribution in [0, 0.1) is 31.6 Å². The number of rotatable bonds is 6. The van der Waals surface area contributed by atoms with E-state index in [1.165, 1.54) is 25.7 Å². The highest BCUT2D eigenvalue weighted by atomic mass is 35.5. The quantitative estimate of drug-likeness (QED) is 0.489. The van der Waals surface area contributed by atoms with Crippen molar-refractivity contribution >= 4 is 21.4 Å². The summed E-state index contributed by atoms with van der Waals surface area (Å²) >= 11 is 5.93. The van der Waals surface area contributed by atoms with Crippen molar-refractivity contribution in [3.8, 4) is 11.5 Å². The van der Waals surface area contributed by atoms with E-state index in [1.54, 1.807) is 24.3 Å². The van der Waals surface area contributed by atoms with Crippen molar-refractivity contribution in [1.29, 1.82) is 0 Å². The number of fused-ring (bicyclic) bond motifs is 2. The molecule has 1 aromatic carbocycles. The SMILES string of the molecule is Cc1nc(S(=O)(=O)Cc2noc(-c3ccc(Cl)cc3)n2)n([C@H](C)[C@@H]2C[C@H]3CC[C@H]2C3)c1C. The van der Waals surface area contributed by atoms with Crippen molar-refractivity contribution in [3.05, 3.63) is 46.5 Å². The molecule has 0 aliphatic heterocycles. The van der Waals surface area contributed by atoms with E-state index in [1.807, 2.05) is 18.4 Å². The molecule has 2 aromatic heterocycles. The smallest absolute Gasteiger partial charge is 0.257 e. The minimum atomic E-state index is -3.76. The fourth-order valence-corrected chi connectivity index (χ4v) is 7.22. The molecule has 9 heteroatoms. The fraction of sp³-hybridized carbons (Fsp3) is 0.522. The van der Waals surface area contributed by atoms with E-state index >= 15 is 0 Å². The van der Waals surface area contributed by atoms with E-state index in [9.17, 15) is 8.42 Å². The van der Waals surface area contributed by atoms with Crippen molar-refractivity contribution < 1.29 is 12.9 Å². The predicted molar refractivity (Wildman–Crippen MR) is 121 cm³/mol. The van der Waals surface area contributed by atoms with Crippen LogP contribution in [0.2, 0.25) is 5.02 Å². The van der Waals surface area contributed by atoms with E-state index in [0.717, 1.165) is 17.3 Å². The maximum absolute atomic E-state index is 13.4. The Kier molecular flexibility index (Phi) is 5.40. The third-order valence-electron chi connectivity index (χ3n) is 7.33. The highest BCUT2D eigenvalue weighted by molar-refractivity contribution is 7.90. The van der Waals surface area contributed by atoms with Crippen LogP contribution < -0.4 is 0 Å². The van der Waals surface area contributed by atoms with E-state index in [2.05, 4.69) is 22.0 Å². The number of hydrogen-bond acceptors (Lipinski definition) is 6. The van der Waals surface area contributed by atoms with Gasteiger partial charge in [-0.05, 0) is 82.1 Å². The molecule has 3 aromatic rings. The largest absolute Gasteiger partial charge is 0.334 e. The highest BCUT2D eigenvalue weighted by Gasteiger charge is 2.43. The normalized spacial score (nSPS) is 23.7. The highest BCUT2D eigenvalue weighted by Crippen LogP contribution is 2.52. The van der Waals surface area contributed by atoms with E-state index in [4.69, 9.17) is 16.1 Å². The van der Waals surface area contributed by atoms with Crippen molar-refractivity contribution in [2.24, 2.45) is 17.8 Å². The molecule has 7 nitrogen and oxygen atoms in total. The van der Waals surface area contributed by atoms with Crippen molar-refractivity contribution in [3.63, 3.8) is 0 Å². The Hall–Kier alpha value is -2.19. The van der Waals surface area contributed by atoms with Gasteiger partial charge >= 0.3 is 0 Å². The lowest BCUT2D eigenvalue weighted by atomic mass is 9.84. The zero-order valence-electron chi connectivity index (χ0n) is 18.5. The fourth-order valence-electron chi connectivity index (χ4n) is 5.63. The standard InChI is InChI=1S/C23H27ClN4O3S/c1-13-14(2)28(15(3)20-11-16-4-5-18(20)10-16)23(25-13)32(29,30)12-21-26-22(31-27-21)17-6-8-19(24)9-7-17/h6-9,15-16,18,20H,4-5,10-12H2,1-3H3/t15-,16+,18+,20+/m1/s1. The number of nitrogens with zero attached hydrogens (tertiary/aromatic N) is 4. The summed E-state index contributed by atoms with van der Waals surface area (Å²) < 4.78 is 34.1. The third-order valence-corrected chi connectivity index (χ3v) is 9.07. The van der Waals surface area contributed by atoms with Gasteiger partial charge in [-0.1, -0.05) is 23.2 Å². The molecule has 32 heavy (non-hydrogen) atoms. The number of sulfone groups is 1. The summed E-state index contributed by atoms with van der Waals surface area (Å²) in [5.74, 6) is 2.00. The Morgan fingerprint density at radius 2 is 1.91 bits per heavy atom. The molecular weight excluding hydrogens is 448 g/mol. The van der Waals surface area contributed by atoms with E-state index in [0.29, 0.717) is 22.4 Å². The van der Waals surface area contributed by atoms with Gasteiger partial charge in [0.1, 0.15) is 5.75 Å². The number of benzene rings is 1. The average molecular weight is 475 g/mol. The Morgan fingerprint density at radius 3 is 2.56 bits per heavy atom. The van der Waals surface area contributed by atoms with E-state index in [-0.39, 0.29) is 28.7 Å². The van der Waals surface area contributed by atoms with Gasteiger partial charge in [-0.3, -0.25) is 0 Å². The first-order chi connectivity index (χ1) is 15.2. The number of halogens is 1. The third kappa shape index (κ3) is 3.77. The number of imidazole rings is 1. The summed E-state index contributed by atoms with van der Waals surface area (Å²) in [4.78, 5) is 8.78. The molecule has 4 atom stereocenters. The molecule has 0 spiro atoms. The Balaban J connectivity index is 1.43. The van der Waals surface area contributed by atoms with Crippen LogP contribution in [0.25, 0.3) is 11.5 Å². The molecule has 0 N–H and O–H groups in total. The lowest BCUT2D eigenvalue weighted by Crippen LogP contribution is -2.26. The molecule has 2 aliphatic carbocycles. The molecule has 2 saturated carbocycles. The molecule has 0 amide bonds. The van der Waals surface area contributed by atoms with Crippen molar-refractivity contribution in [2.75, 3.05) is 0 Å². The van der Waals surface area contributed by atoms with Gasteiger partial charge in [-0.2, -0.15) is 4.98 Å². The van der Waals surface area contributed by atoms with Crippen LogP contribution >= 0.6 is 11.6 Å². The van der Waals surface area contributed by atoms with Crippen LogP contribution in [0.15, 0.2) is 33.9 Å². The van der Waals surface area contributed by atoms with Crippen molar-refractivity contribution in [1.82, 2.24) is 19.7 Å². The summed E-state index contributed by atoms with van der Waals surface area (Å²) in [7, 11) is -3.76. The Bertz CT molecular complexity index is 1250. The first kappa shape index (κ1) is 21.6. The molecule has 2 fully saturated rings. The van der Waals surface area contributed by atoms with Gasteiger partial charge in [0.2, 0.25) is 15.0 Å². The molecule has 5 rings (SSSR count). The van der Waals surface area contributed by atoms with Gasteiger partial charge in [0.25, 0.3) is 5.89 Å². The van der Waals surface area contributed by atoms with Gasteiger partial charge in [-0.15, -0.1) is 0 Å². The first-order valence-electron chi connectivity index (χ1n) is 11.1. The van der Waals surface area contributed by atoms with Crippen LogP contribution in [0.5, 0.6) is 0 Å². The van der Waals surface area contributed by atoms with Gasteiger partial charge in [0.05, 0.1) is 5.69 Å². The van der Waals surface area contributed by atoms with Crippen LogP contribution in [-0.4, -0.2) is 28.1 Å². The number of aryl methyl sites for hydroxylation is 1. The minimum Gasteiger partial charge on any atom is -0.334 e. The summed E-state index contributed by atoms with van der Waals surface area (Å²) in [5.41, 5.74) is 2.34. The van der Waals surface area contributed by atoms with Crippen LogP contribution in [0.4, 0.5) is 0 Å². The summed E-state index contributed by atoms with van der Waals surface area (Å²) in [6, 6.07) is 7.04. The average Bonchev–Trinajstić information content (AvgIpc) is 3.54. The zero-order valence-corrected chi connectivity index (χ0v) is 20.0. The molecule has 0 radical (unpaired) electrons. The van der Waals surface area contributed by atoms with Crippen molar-refractivity contribution in [2.45, 2.75) is 63.4 Å². The molecule has 2 aliphatic rings. The topological polar surface area (TPSA) is 90.9 Å². The lowest BCUT2D eigenvalue weighted by molar-refractivity contribution is 0.231. The number of hydrogen-bond donors (Lipinski definition) is 0. The first-order valence-corrected chi connectivity index (χ1v) is 13.1. The summed E-state index contributed by atoms with van der Waals surface area (Å²) in [6.07, 6.45) is 5.02. The van der Waals surface area contributed by atoms with E-state index < -0.39 is 9.84 Å². The van der Waals surface area contributed by atoms with Gasteiger partial charge in [0.15, 0.2) is 5.82 Å². The van der Waals surface area contributed by atoms with Gasteiger partial charge in [-0.25, -0.2) is 13.4 Å². The second kappa shape index (κ2) is 7.99. The Morgan fingerprint density at radius 1 is 1.16 bits per heavy atom. The second-order valence-electron chi connectivity index (χ2n) is 9.30. The minimum absolute atomic E-state index is 0.0890. The predicted octanol–water partition coefficient (Wildman–Crippen LogP) is 5.17. The maximum atomic E-state index is 13.4. The monoisotopic (exact) mass is 474 g/mol. The second-order valence-corrected chi connectivity index (χ2v) is 11.6. The molecule has 0 unspecified atom stereocenters. The van der Waals surface area contributed by atoms with Gasteiger partial charge in [0, 0.05) is 22.3 Å². The van der Waals surface area contributed by atoms with Gasteiger partial charge < -0.3 is 9.09 Å². The summed E-state index contributed by atoms with van der Waals surface area (Å²) in [5, 5.41) is 4.61. The Labute approximate surface area is 193 Å². The number of aromatic nitrogens is 4. The van der Waals surface area contributed by atoms with Crippen LogP contribution in [0.1, 0.15) is 55.9 Å². The molecule has 170 valence electrons. The molecule has 0 saturated heterocycles. The van der Waals surface area contributed by atoms with Crippen LogP contribution in [-0.2, 0) is 15.6 Å². The molecule has 2 bridgehead atoms. The lowest BCUT2D eigenvalue weighted by Gasteiger charge is -2.30. The molecular formula is C23H27ClN4O3S. The molecule has 2 heterocycles. The maximum Gasteiger partial charge on any atom is 0.257 e. The summed E-state index contributed by atoms with van der Waals surface area (Å²) in [6.45, 7) is 5.97. The van der Waals surface area contributed by atoms with Crippen LogP contribution in [0.3, 0.4) is 0 Å². The zero-order chi connectivity index (χ0) is 22.6.